The fourth-order valence-corrected chi connectivity index (χ4v) is 3.00. The van der Waals surface area contributed by atoms with E-state index < -0.39 is 0 Å². The number of ether oxygens (including phenoxy) is 1. The average molecular weight is 291 g/mol. The van der Waals surface area contributed by atoms with Crippen LogP contribution in [0.25, 0.3) is 0 Å². The molecule has 1 aromatic heterocycles. The first-order valence-electron chi connectivity index (χ1n) is 7.86. The second-order valence-electron chi connectivity index (χ2n) is 5.43. The number of carbonyl (C=O) groups is 1. The molecule has 0 bridgehead atoms. The maximum atomic E-state index is 12.0. The monoisotopic (exact) mass is 291 g/mol. The van der Waals surface area contributed by atoms with Crippen molar-refractivity contribution in [3.05, 3.63) is 17.8 Å². The Bertz CT molecular complexity index is 484. The molecule has 0 saturated heterocycles. The van der Waals surface area contributed by atoms with Gasteiger partial charge in [-0.05, 0) is 32.8 Å². The maximum absolute atomic E-state index is 12.0. The quantitative estimate of drug-likeness (QED) is 0.845. The van der Waals surface area contributed by atoms with Gasteiger partial charge in [0.1, 0.15) is 5.82 Å². The molecule has 1 saturated carbocycles. The summed E-state index contributed by atoms with van der Waals surface area (Å²) >= 11 is 0. The zero-order valence-electron chi connectivity index (χ0n) is 13.0. The molecule has 0 unspecified atom stereocenters. The van der Waals surface area contributed by atoms with Gasteiger partial charge in [0.25, 0.3) is 0 Å². The number of esters is 1. The van der Waals surface area contributed by atoms with Crippen molar-refractivity contribution in [3.63, 3.8) is 0 Å². The second-order valence-corrected chi connectivity index (χ2v) is 5.43. The van der Waals surface area contributed by atoms with Crippen LogP contribution in [0.4, 0.5) is 11.5 Å². The normalized spacial score (nSPS) is 15.7. The van der Waals surface area contributed by atoms with E-state index in [9.17, 15) is 4.79 Å². The van der Waals surface area contributed by atoms with Crippen molar-refractivity contribution in [1.82, 2.24) is 4.98 Å². The van der Waals surface area contributed by atoms with Gasteiger partial charge in [0.05, 0.1) is 24.1 Å². The number of nitrogens with zero attached hydrogens (tertiary/aromatic N) is 2. The van der Waals surface area contributed by atoms with Crippen LogP contribution in [0.2, 0.25) is 0 Å². The van der Waals surface area contributed by atoms with Crippen LogP contribution in [0, 0.1) is 0 Å². The van der Waals surface area contributed by atoms with E-state index in [0.717, 1.165) is 12.4 Å². The first-order chi connectivity index (χ1) is 10.2. The zero-order valence-corrected chi connectivity index (χ0v) is 13.0. The molecule has 1 aliphatic carbocycles. The Morgan fingerprint density at radius 3 is 2.71 bits per heavy atom. The average Bonchev–Trinajstić information content (AvgIpc) is 2.51. The first kappa shape index (κ1) is 15.6. The maximum Gasteiger partial charge on any atom is 0.340 e. The molecule has 0 aromatic carbocycles. The molecule has 0 spiro atoms. The number of hydrogen-bond acceptors (Lipinski definition) is 5. The highest BCUT2D eigenvalue weighted by Gasteiger charge is 2.22. The Balaban J connectivity index is 2.24. The van der Waals surface area contributed by atoms with Gasteiger partial charge in [0, 0.05) is 12.6 Å². The molecule has 5 heteroatoms. The van der Waals surface area contributed by atoms with Crippen LogP contribution in [0.1, 0.15) is 56.3 Å². The lowest BCUT2D eigenvalue weighted by atomic mass is 9.94. The van der Waals surface area contributed by atoms with Gasteiger partial charge in [-0.3, -0.25) is 0 Å². The van der Waals surface area contributed by atoms with Gasteiger partial charge in [0.15, 0.2) is 0 Å². The molecule has 0 atom stereocenters. The number of pyridine rings is 1. The van der Waals surface area contributed by atoms with Crippen molar-refractivity contribution in [2.75, 3.05) is 23.8 Å². The summed E-state index contributed by atoms with van der Waals surface area (Å²) in [5, 5.41) is 0. The third-order valence-electron chi connectivity index (χ3n) is 4.07. The molecule has 21 heavy (non-hydrogen) atoms. The van der Waals surface area contributed by atoms with Crippen molar-refractivity contribution in [2.45, 2.75) is 52.0 Å². The molecule has 0 radical (unpaired) electrons. The molecule has 116 valence electrons. The third kappa shape index (κ3) is 3.65. The second kappa shape index (κ2) is 7.29. The third-order valence-corrected chi connectivity index (χ3v) is 4.07. The molecule has 2 N–H and O–H groups in total. The van der Waals surface area contributed by atoms with Gasteiger partial charge in [-0.25, -0.2) is 9.78 Å². The summed E-state index contributed by atoms with van der Waals surface area (Å²) in [5.41, 5.74) is 6.64. The van der Waals surface area contributed by atoms with E-state index in [2.05, 4.69) is 16.8 Å². The topological polar surface area (TPSA) is 68.5 Å². The highest BCUT2D eigenvalue weighted by molar-refractivity contribution is 5.95. The highest BCUT2D eigenvalue weighted by atomic mass is 16.5. The van der Waals surface area contributed by atoms with Crippen LogP contribution in [0.5, 0.6) is 0 Å². The standard InChI is InChI=1S/C16H25N3O2/c1-3-19(12-8-6-5-7-9-12)15-10-13(14(17)11-18-15)16(20)21-4-2/h10-12H,3-9,17H2,1-2H3. The highest BCUT2D eigenvalue weighted by Crippen LogP contribution is 2.27. The smallest absolute Gasteiger partial charge is 0.340 e. The Hall–Kier alpha value is -1.78. The lowest BCUT2D eigenvalue weighted by molar-refractivity contribution is 0.0527. The van der Waals surface area contributed by atoms with Gasteiger partial charge in [-0.15, -0.1) is 0 Å². The summed E-state index contributed by atoms with van der Waals surface area (Å²) in [4.78, 5) is 18.7. The van der Waals surface area contributed by atoms with Gasteiger partial charge in [-0.2, -0.15) is 0 Å². The zero-order chi connectivity index (χ0) is 15.2. The Labute approximate surface area is 126 Å². The molecule has 2 rings (SSSR count). The van der Waals surface area contributed by atoms with Crippen LogP contribution in [0.3, 0.4) is 0 Å². The summed E-state index contributed by atoms with van der Waals surface area (Å²) in [6, 6.07) is 2.28. The minimum Gasteiger partial charge on any atom is -0.462 e. The lowest BCUT2D eigenvalue weighted by Gasteiger charge is -2.34. The minimum atomic E-state index is -0.377. The van der Waals surface area contributed by atoms with Crippen molar-refractivity contribution in [2.24, 2.45) is 0 Å². The summed E-state index contributed by atoms with van der Waals surface area (Å²) in [5.74, 6) is 0.444. The SMILES string of the molecule is CCOC(=O)c1cc(N(CC)C2CCCCC2)ncc1N. The van der Waals surface area contributed by atoms with Gasteiger partial charge in [0.2, 0.25) is 0 Å². The van der Waals surface area contributed by atoms with E-state index in [0.29, 0.717) is 23.9 Å². The molecule has 1 aliphatic rings. The fourth-order valence-electron chi connectivity index (χ4n) is 3.00. The molecule has 0 aliphatic heterocycles. The number of nitrogen functional groups attached to an aromatic ring is 1. The summed E-state index contributed by atoms with van der Waals surface area (Å²) in [6.45, 7) is 5.13. The van der Waals surface area contributed by atoms with Gasteiger partial charge in [-0.1, -0.05) is 19.3 Å². The molecule has 1 heterocycles. The number of aromatic nitrogens is 1. The van der Waals surface area contributed by atoms with Crippen LogP contribution < -0.4 is 10.6 Å². The van der Waals surface area contributed by atoms with E-state index in [4.69, 9.17) is 10.5 Å². The number of nitrogens with two attached hydrogens (primary N) is 1. The summed E-state index contributed by atoms with van der Waals surface area (Å²) in [6.07, 6.45) is 7.79. The number of hydrogen-bond donors (Lipinski definition) is 1. The Kier molecular flexibility index (Phi) is 5.42. The van der Waals surface area contributed by atoms with Crippen molar-refractivity contribution >= 4 is 17.5 Å². The predicted molar refractivity (Wildman–Crippen MR) is 84.5 cm³/mol. The van der Waals surface area contributed by atoms with Crippen LogP contribution >= 0.6 is 0 Å². The summed E-state index contributed by atoms with van der Waals surface area (Å²) in [7, 11) is 0. The molecule has 5 nitrogen and oxygen atoms in total. The van der Waals surface area contributed by atoms with Gasteiger partial charge < -0.3 is 15.4 Å². The van der Waals surface area contributed by atoms with Crippen molar-refractivity contribution in [1.29, 1.82) is 0 Å². The number of carbonyl (C=O) groups excluding carboxylic acids is 1. The lowest BCUT2D eigenvalue weighted by Crippen LogP contribution is -2.37. The van der Waals surface area contributed by atoms with Crippen LogP contribution in [-0.2, 0) is 4.74 Å². The molecular formula is C16H25N3O2. The predicted octanol–water partition coefficient (Wildman–Crippen LogP) is 3.00. The largest absolute Gasteiger partial charge is 0.462 e. The molecule has 1 fully saturated rings. The van der Waals surface area contributed by atoms with E-state index in [1.807, 2.05) is 0 Å². The van der Waals surface area contributed by atoms with E-state index in [1.165, 1.54) is 32.1 Å². The fraction of sp³-hybridized carbons (Fsp3) is 0.625. The number of anilines is 2. The Morgan fingerprint density at radius 2 is 2.10 bits per heavy atom. The Morgan fingerprint density at radius 1 is 1.38 bits per heavy atom. The number of rotatable bonds is 5. The van der Waals surface area contributed by atoms with Crippen LogP contribution in [0.15, 0.2) is 12.3 Å². The van der Waals surface area contributed by atoms with E-state index >= 15 is 0 Å². The molecular weight excluding hydrogens is 266 g/mol. The molecule has 1 aromatic rings. The van der Waals surface area contributed by atoms with Crippen LogP contribution in [-0.4, -0.2) is 30.1 Å². The van der Waals surface area contributed by atoms with Crippen molar-refractivity contribution < 1.29 is 9.53 Å². The van der Waals surface area contributed by atoms with Gasteiger partial charge >= 0.3 is 5.97 Å². The minimum absolute atomic E-state index is 0.343. The van der Waals surface area contributed by atoms with E-state index in [-0.39, 0.29) is 5.97 Å². The molecule has 0 amide bonds. The summed E-state index contributed by atoms with van der Waals surface area (Å²) < 4.78 is 5.06. The first-order valence-corrected chi connectivity index (χ1v) is 7.86. The van der Waals surface area contributed by atoms with E-state index in [1.54, 1.807) is 19.2 Å². The van der Waals surface area contributed by atoms with Crippen molar-refractivity contribution in [3.8, 4) is 0 Å².